The summed E-state index contributed by atoms with van der Waals surface area (Å²) < 4.78 is 6.41. The number of hydrogen-bond acceptors (Lipinski definition) is 3. The lowest BCUT2D eigenvalue weighted by Gasteiger charge is -2.32. The standard InChI is InChI=1S/C20H22N2O/c1-2-4-15(5-3-1)17-12-16-6-9-22-14-19(16)20(13-17)23-18-7-10-21-11-8-18/h1-6,9,12-14,16,18-19,21H,7-8,10-11H2/t16?,19-/m1/s1. The van der Waals surface area contributed by atoms with E-state index in [1.165, 1.54) is 11.1 Å². The highest BCUT2D eigenvalue weighted by molar-refractivity contribution is 5.80. The summed E-state index contributed by atoms with van der Waals surface area (Å²) in [5.41, 5.74) is 2.49. The summed E-state index contributed by atoms with van der Waals surface area (Å²) in [5.74, 6) is 1.64. The molecule has 23 heavy (non-hydrogen) atoms. The van der Waals surface area contributed by atoms with Crippen molar-refractivity contribution in [3.8, 4) is 0 Å². The van der Waals surface area contributed by atoms with Crippen LogP contribution in [0.25, 0.3) is 5.57 Å². The van der Waals surface area contributed by atoms with Gasteiger partial charge in [0.1, 0.15) is 11.9 Å². The predicted molar refractivity (Wildman–Crippen MR) is 94.1 cm³/mol. The van der Waals surface area contributed by atoms with Gasteiger partial charge in [-0.3, -0.25) is 4.99 Å². The molecule has 1 aliphatic carbocycles. The highest BCUT2D eigenvalue weighted by Gasteiger charge is 2.29. The molecule has 4 rings (SSSR count). The molecule has 1 fully saturated rings. The number of aliphatic imine (C=N–C) groups is 1. The Labute approximate surface area is 137 Å². The second kappa shape index (κ2) is 6.55. The first-order valence-corrected chi connectivity index (χ1v) is 8.46. The van der Waals surface area contributed by atoms with E-state index in [4.69, 9.17) is 4.74 Å². The van der Waals surface area contributed by atoms with Crippen LogP contribution >= 0.6 is 0 Å². The number of benzene rings is 1. The second-order valence-electron chi connectivity index (χ2n) is 6.34. The normalized spacial score (nSPS) is 27.1. The molecule has 3 heteroatoms. The highest BCUT2D eigenvalue weighted by Crippen LogP contribution is 2.36. The quantitative estimate of drug-likeness (QED) is 0.926. The average molecular weight is 306 g/mol. The Morgan fingerprint density at radius 1 is 1.09 bits per heavy atom. The largest absolute Gasteiger partial charge is 0.494 e. The van der Waals surface area contributed by atoms with Gasteiger partial charge >= 0.3 is 0 Å². The SMILES string of the molecule is C1=CC2C=C(c3ccccc3)C=C(OC3CCNCC3)[C@@H]2C=N1. The molecule has 1 aromatic rings. The van der Waals surface area contributed by atoms with Gasteiger partial charge in [-0.1, -0.05) is 42.5 Å². The third-order valence-electron chi connectivity index (χ3n) is 4.75. The summed E-state index contributed by atoms with van der Waals surface area (Å²) in [7, 11) is 0. The topological polar surface area (TPSA) is 33.6 Å². The van der Waals surface area contributed by atoms with Gasteiger partial charge in [0.15, 0.2) is 0 Å². The van der Waals surface area contributed by atoms with Crippen LogP contribution in [0.2, 0.25) is 0 Å². The Kier molecular flexibility index (Phi) is 4.12. The van der Waals surface area contributed by atoms with Gasteiger partial charge in [-0.05, 0) is 43.1 Å². The van der Waals surface area contributed by atoms with Gasteiger partial charge in [0, 0.05) is 18.3 Å². The lowest BCUT2D eigenvalue weighted by atomic mass is 9.82. The van der Waals surface area contributed by atoms with E-state index >= 15 is 0 Å². The van der Waals surface area contributed by atoms with Gasteiger partial charge in [0.05, 0.1) is 5.92 Å². The third-order valence-corrected chi connectivity index (χ3v) is 4.75. The van der Waals surface area contributed by atoms with E-state index in [0.29, 0.717) is 12.0 Å². The molecular weight excluding hydrogens is 284 g/mol. The van der Waals surface area contributed by atoms with Gasteiger partial charge in [-0.15, -0.1) is 0 Å². The summed E-state index contributed by atoms with van der Waals surface area (Å²) in [4.78, 5) is 4.33. The lowest BCUT2D eigenvalue weighted by molar-refractivity contribution is 0.0735. The van der Waals surface area contributed by atoms with Crippen molar-refractivity contribution in [2.45, 2.75) is 18.9 Å². The zero-order valence-electron chi connectivity index (χ0n) is 13.2. The molecular formula is C20H22N2O. The molecule has 0 bridgehead atoms. The maximum Gasteiger partial charge on any atom is 0.106 e. The van der Waals surface area contributed by atoms with Crippen LogP contribution in [0.4, 0.5) is 0 Å². The van der Waals surface area contributed by atoms with Crippen molar-refractivity contribution in [2.75, 3.05) is 13.1 Å². The van der Waals surface area contributed by atoms with Gasteiger partial charge in [0.25, 0.3) is 0 Å². The first-order valence-electron chi connectivity index (χ1n) is 8.46. The van der Waals surface area contributed by atoms with Crippen molar-refractivity contribution >= 4 is 11.8 Å². The smallest absolute Gasteiger partial charge is 0.106 e. The molecule has 1 unspecified atom stereocenters. The van der Waals surface area contributed by atoms with Crippen molar-refractivity contribution in [1.82, 2.24) is 5.32 Å². The molecule has 1 N–H and O–H groups in total. The Morgan fingerprint density at radius 2 is 1.91 bits per heavy atom. The van der Waals surface area contributed by atoms with Crippen LogP contribution in [0, 0.1) is 11.8 Å². The fourth-order valence-corrected chi connectivity index (χ4v) is 3.47. The maximum atomic E-state index is 6.41. The third kappa shape index (κ3) is 3.15. The number of allylic oxidation sites excluding steroid dienone is 5. The zero-order chi connectivity index (χ0) is 15.5. The monoisotopic (exact) mass is 306 g/mol. The van der Waals surface area contributed by atoms with Crippen molar-refractivity contribution in [1.29, 1.82) is 0 Å². The van der Waals surface area contributed by atoms with Crippen LogP contribution in [0.5, 0.6) is 0 Å². The number of ether oxygens (including phenoxy) is 1. The van der Waals surface area contributed by atoms with Gasteiger partial charge in [-0.2, -0.15) is 0 Å². The minimum absolute atomic E-state index is 0.238. The van der Waals surface area contributed by atoms with Crippen LogP contribution in [-0.2, 0) is 4.74 Å². The average Bonchev–Trinajstić information content (AvgIpc) is 2.63. The van der Waals surface area contributed by atoms with Crippen molar-refractivity contribution in [2.24, 2.45) is 16.8 Å². The number of rotatable bonds is 3. The molecule has 0 spiro atoms. The van der Waals surface area contributed by atoms with Gasteiger partial charge < -0.3 is 10.1 Å². The maximum absolute atomic E-state index is 6.41. The molecule has 0 radical (unpaired) electrons. The number of fused-ring (bicyclic) bond motifs is 1. The van der Waals surface area contributed by atoms with Crippen LogP contribution in [0.1, 0.15) is 18.4 Å². The Balaban J connectivity index is 1.63. The first kappa shape index (κ1) is 14.5. The summed E-state index contributed by atoms with van der Waals surface area (Å²) in [6.07, 6.45) is 13.1. The zero-order valence-corrected chi connectivity index (χ0v) is 13.2. The van der Waals surface area contributed by atoms with E-state index in [1.54, 1.807) is 0 Å². The molecule has 2 heterocycles. The molecule has 0 saturated carbocycles. The summed E-state index contributed by atoms with van der Waals surface area (Å²) >= 11 is 0. The van der Waals surface area contributed by atoms with Crippen LogP contribution < -0.4 is 5.32 Å². The predicted octanol–water partition coefficient (Wildman–Crippen LogP) is 3.57. The van der Waals surface area contributed by atoms with Gasteiger partial charge in [-0.25, -0.2) is 0 Å². The van der Waals surface area contributed by atoms with Crippen molar-refractivity contribution in [3.63, 3.8) is 0 Å². The summed E-state index contributed by atoms with van der Waals surface area (Å²) in [6.45, 7) is 2.09. The molecule has 3 aliphatic rings. The van der Waals surface area contributed by atoms with Crippen molar-refractivity contribution < 1.29 is 4.74 Å². The Hall–Kier alpha value is -2.13. The first-order chi connectivity index (χ1) is 11.4. The Morgan fingerprint density at radius 3 is 2.74 bits per heavy atom. The molecule has 0 amide bonds. The van der Waals surface area contributed by atoms with E-state index in [-0.39, 0.29) is 5.92 Å². The minimum atomic E-state index is 0.238. The molecule has 1 saturated heterocycles. The number of piperidine rings is 1. The molecule has 118 valence electrons. The van der Waals surface area contributed by atoms with Crippen LogP contribution in [0.3, 0.4) is 0 Å². The minimum Gasteiger partial charge on any atom is -0.494 e. The second-order valence-corrected chi connectivity index (χ2v) is 6.34. The Bertz CT molecular complexity index is 666. The van der Waals surface area contributed by atoms with E-state index in [0.717, 1.165) is 31.7 Å². The number of hydrogen-bond donors (Lipinski definition) is 1. The van der Waals surface area contributed by atoms with Crippen LogP contribution in [0.15, 0.2) is 65.5 Å². The molecule has 3 nitrogen and oxygen atoms in total. The fourth-order valence-electron chi connectivity index (χ4n) is 3.47. The highest BCUT2D eigenvalue weighted by atomic mass is 16.5. The molecule has 1 aromatic carbocycles. The van der Waals surface area contributed by atoms with E-state index in [2.05, 4.69) is 58.9 Å². The van der Waals surface area contributed by atoms with Crippen molar-refractivity contribution in [3.05, 3.63) is 66.1 Å². The summed E-state index contributed by atoms with van der Waals surface area (Å²) in [6, 6.07) is 10.5. The fraction of sp³-hybridized carbons (Fsp3) is 0.350. The number of nitrogens with one attached hydrogen (secondary N) is 1. The number of nitrogens with zero attached hydrogens (tertiary/aromatic N) is 1. The molecule has 2 atom stereocenters. The van der Waals surface area contributed by atoms with E-state index in [9.17, 15) is 0 Å². The molecule has 0 aromatic heterocycles. The van der Waals surface area contributed by atoms with Gasteiger partial charge in [0.2, 0.25) is 0 Å². The lowest BCUT2D eigenvalue weighted by Crippen LogP contribution is -2.34. The summed E-state index contributed by atoms with van der Waals surface area (Å²) in [5, 5.41) is 3.39. The van der Waals surface area contributed by atoms with E-state index < -0.39 is 0 Å². The van der Waals surface area contributed by atoms with E-state index in [1.807, 2.05) is 12.4 Å². The van der Waals surface area contributed by atoms with Crippen LogP contribution in [-0.4, -0.2) is 25.4 Å². The molecule has 2 aliphatic heterocycles.